The van der Waals surface area contributed by atoms with E-state index in [-0.39, 0.29) is 31.0 Å². The molecule has 0 N–H and O–H groups in total. The number of ether oxygens (including phenoxy) is 3. The van der Waals surface area contributed by atoms with Crippen LogP contribution in [0, 0.1) is 0 Å². The van der Waals surface area contributed by atoms with E-state index in [2.05, 4.69) is 17.6 Å². The van der Waals surface area contributed by atoms with Crippen LogP contribution in [0.3, 0.4) is 0 Å². The third-order valence-electron chi connectivity index (χ3n) is 6.75. The van der Waals surface area contributed by atoms with Crippen molar-refractivity contribution in [3.63, 3.8) is 0 Å². The number of nitrogens with zero attached hydrogens (tertiary/aromatic N) is 3. The predicted molar refractivity (Wildman–Crippen MR) is 152 cm³/mol. The number of hydrogen-bond acceptors (Lipinski definition) is 5. The van der Waals surface area contributed by atoms with Gasteiger partial charge in [0, 0.05) is 44.7 Å². The molecule has 0 spiro atoms. The predicted octanol–water partition coefficient (Wildman–Crippen LogP) is 4.62. The van der Waals surface area contributed by atoms with Crippen LogP contribution in [0.1, 0.15) is 37.9 Å². The Balaban J connectivity index is 1.72. The van der Waals surface area contributed by atoms with Crippen LogP contribution in [0.2, 0.25) is 0 Å². The summed E-state index contributed by atoms with van der Waals surface area (Å²) in [6.45, 7) is 6.00. The molecular formula is C31H41N3O5. The fraction of sp³-hybridized carbons (Fsp3) is 0.419. The van der Waals surface area contributed by atoms with Crippen LogP contribution in [-0.2, 0) is 27.4 Å². The minimum atomic E-state index is -0.228. The second kappa shape index (κ2) is 15.6. The number of carbonyl (C=O) groups excluding carboxylic acids is 2. The van der Waals surface area contributed by atoms with Gasteiger partial charge >= 0.3 is 0 Å². The molecule has 2 amide bonds. The van der Waals surface area contributed by atoms with Crippen molar-refractivity contribution in [1.29, 1.82) is 0 Å². The molecule has 1 heterocycles. The summed E-state index contributed by atoms with van der Waals surface area (Å²) < 4.78 is 18.4. The van der Waals surface area contributed by atoms with Crippen molar-refractivity contribution in [3.05, 3.63) is 84.2 Å². The van der Waals surface area contributed by atoms with Gasteiger partial charge in [0.05, 0.1) is 20.2 Å². The van der Waals surface area contributed by atoms with Crippen LogP contribution in [-0.4, -0.2) is 72.7 Å². The summed E-state index contributed by atoms with van der Waals surface area (Å²) in [5.41, 5.74) is 2.14. The number of para-hydroxylation sites is 1. The number of aromatic nitrogens is 1. The van der Waals surface area contributed by atoms with E-state index in [1.54, 1.807) is 31.3 Å². The molecular weight excluding hydrogens is 494 g/mol. The number of methoxy groups -OCH3 is 2. The third-order valence-corrected chi connectivity index (χ3v) is 6.75. The lowest BCUT2D eigenvalue weighted by molar-refractivity contribution is -0.143. The number of rotatable bonds is 16. The Morgan fingerprint density at radius 1 is 0.949 bits per heavy atom. The van der Waals surface area contributed by atoms with Crippen LogP contribution in [0.15, 0.2) is 72.9 Å². The topological polar surface area (TPSA) is 73.2 Å². The van der Waals surface area contributed by atoms with Gasteiger partial charge in [-0.3, -0.25) is 9.59 Å². The van der Waals surface area contributed by atoms with E-state index in [9.17, 15) is 9.59 Å². The van der Waals surface area contributed by atoms with Crippen molar-refractivity contribution in [3.8, 4) is 11.5 Å². The molecule has 1 unspecified atom stereocenters. The normalized spacial score (nSPS) is 11.6. The number of carbonyl (C=O) groups is 2. The maximum atomic E-state index is 13.7. The van der Waals surface area contributed by atoms with Crippen LogP contribution in [0.25, 0.3) is 0 Å². The highest BCUT2D eigenvalue weighted by molar-refractivity contribution is 5.85. The highest BCUT2D eigenvalue weighted by atomic mass is 16.5. The summed E-state index contributed by atoms with van der Waals surface area (Å²) >= 11 is 0. The Bertz CT molecular complexity index is 1160. The van der Waals surface area contributed by atoms with Gasteiger partial charge in [-0.2, -0.15) is 0 Å². The first-order chi connectivity index (χ1) is 18.9. The Morgan fingerprint density at radius 2 is 1.72 bits per heavy atom. The van der Waals surface area contributed by atoms with Crippen molar-refractivity contribution < 1.29 is 23.8 Å². The Kier molecular flexibility index (Phi) is 11.9. The zero-order valence-electron chi connectivity index (χ0n) is 23.5. The van der Waals surface area contributed by atoms with Crippen LogP contribution in [0.5, 0.6) is 11.5 Å². The molecule has 210 valence electrons. The van der Waals surface area contributed by atoms with Gasteiger partial charge in [-0.05, 0) is 61.7 Å². The second-order valence-electron chi connectivity index (χ2n) is 9.52. The molecule has 0 aliphatic rings. The molecule has 8 heteroatoms. The van der Waals surface area contributed by atoms with Crippen LogP contribution >= 0.6 is 0 Å². The molecule has 0 aliphatic heterocycles. The number of benzene rings is 2. The largest absolute Gasteiger partial charge is 0.497 e. The summed E-state index contributed by atoms with van der Waals surface area (Å²) in [6, 6.07) is 21.2. The average molecular weight is 536 g/mol. The fourth-order valence-corrected chi connectivity index (χ4v) is 4.30. The Hall–Kier alpha value is -3.78. The van der Waals surface area contributed by atoms with E-state index >= 15 is 0 Å². The van der Waals surface area contributed by atoms with Crippen molar-refractivity contribution in [2.24, 2.45) is 0 Å². The zero-order valence-corrected chi connectivity index (χ0v) is 23.5. The van der Waals surface area contributed by atoms with Gasteiger partial charge < -0.3 is 28.6 Å². The first-order valence-electron chi connectivity index (χ1n) is 13.5. The maximum Gasteiger partial charge on any atom is 0.260 e. The molecule has 39 heavy (non-hydrogen) atoms. The first-order valence-corrected chi connectivity index (χ1v) is 13.5. The zero-order chi connectivity index (χ0) is 28.0. The third kappa shape index (κ3) is 9.18. The van der Waals surface area contributed by atoms with Gasteiger partial charge in [0.1, 0.15) is 11.5 Å². The van der Waals surface area contributed by atoms with E-state index in [0.717, 1.165) is 23.4 Å². The Labute approximate surface area is 232 Å². The SMILES string of the molecule is CCC(C)N(Cc1cccn1Cc1cccc(OC)c1)C(=O)CN(CCCOC)C(=O)COc1ccccc1. The summed E-state index contributed by atoms with van der Waals surface area (Å²) in [5.74, 6) is 1.11. The molecule has 0 fully saturated rings. The monoisotopic (exact) mass is 535 g/mol. The van der Waals surface area contributed by atoms with Gasteiger partial charge in [0.25, 0.3) is 5.91 Å². The average Bonchev–Trinajstić information content (AvgIpc) is 3.40. The lowest BCUT2D eigenvalue weighted by Crippen LogP contribution is -2.47. The van der Waals surface area contributed by atoms with E-state index < -0.39 is 0 Å². The van der Waals surface area contributed by atoms with Crippen LogP contribution < -0.4 is 9.47 Å². The summed E-state index contributed by atoms with van der Waals surface area (Å²) in [6.07, 6.45) is 3.46. The highest BCUT2D eigenvalue weighted by Gasteiger charge is 2.25. The lowest BCUT2D eigenvalue weighted by atomic mass is 10.2. The standard InChI is InChI=1S/C31H41N3O5/c1-5-25(2)34(22-27-13-10-17-32(27)21-26-12-9-16-29(20-26)38-4)30(35)23-33(18-11-19-37-3)31(36)24-39-28-14-7-6-8-15-28/h6-10,12-17,20,25H,5,11,18-19,21-24H2,1-4H3. The van der Waals surface area contributed by atoms with E-state index in [0.29, 0.717) is 38.4 Å². The number of hydrogen-bond donors (Lipinski definition) is 0. The molecule has 3 aromatic rings. The molecule has 1 aromatic heterocycles. The summed E-state index contributed by atoms with van der Waals surface area (Å²) in [4.78, 5) is 30.2. The molecule has 0 radical (unpaired) electrons. The van der Waals surface area contributed by atoms with E-state index in [1.807, 2.05) is 66.6 Å². The molecule has 8 nitrogen and oxygen atoms in total. The molecule has 1 atom stereocenters. The van der Waals surface area contributed by atoms with Gasteiger partial charge in [0.2, 0.25) is 5.91 Å². The van der Waals surface area contributed by atoms with E-state index in [4.69, 9.17) is 14.2 Å². The fourth-order valence-electron chi connectivity index (χ4n) is 4.30. The lowest BCUT2D eigenvalue weighted by Gasteiger charge is -2.32. The Morgan fingerprint density at radius 3 is 2.44 bits per heavy atom. The molecule has 0 bridgehead atoms. The van der Waals surface area contributed by atoms with Gasteiger partial charge in [-0.1, -0.05) is 37.3 Å². The van der Waals surface area contributed by atoms with E-state index in [1.165, 1.54) is 0 Å². The first kappa shape index (κ1) is 29.8. The number of amides is 2. The molecule has 0 saturated carbocycles. The smallest absolute Gasteiger partial charge is 0.260 e. The van der Waals surface area contributed by atoms with Gasteiger partial charge in [-0.15, -0.1) is 0 Å². The van der Waals surface area contributed by atoms with Gasteiger partial charge in [0.15, 0.2) is 6.61 Å². The molecule has 0 aliphatic carbocycles. The van der Waals surface area contributed by atoms with Gasteiger partial charge in [-0.25, -0.2) is 0 Å². The van der Waals surface area contributed by atoms with Crippen molar-refractivity contribution in [1.82, 2.24) is 14.4 Å². The molecule has 2 aromatic carbocycles. The quantitative estimate of drug-likeness (QED) is 0.250. The summed E-state index contributed by atoms with van der Waals surface area (Å²) in [7, 11) is 3.29. The van der Waals surface area contributed by atoms with Crippen molar-refractivity contribution in [2.45, 2.75) is 45.8 Å². The van der Waals surface area contributed by atoms with Crippen molar-refractivity contribution >= 4 is 11.8 Å². The maximum absolute atomic E-state index is 13.7. The molecule has 0 saturated heterocycles. The highest BCUT2D eigenvalue weighted by Crippen LogP contribution is 2.18. The van der Waals surface area contributed by atoms with Crippen LogP contribution in [0.4, 0.5) is 0 Å². The molecule has 3 rings (SSSR count). The summed E-state index contributed by atoms with van der Waals surface area (Å²) in [5, 5.41) is 0. The minimum absolute atomic E-state index is 0.00849. The van der Waals surface area contributed by atoms with Crippen molar-refractivity contribution in [2.75, 3.05) is 40.5 Å². The minimum Gasteiger partial charge on any atom is -0.497 e. The second-order valence-corrected chi connectivity index (χ2v) is 9.52.